The predicted molar refractivity (Wildman–Crippen MR) is 73.9 cm³/mol. The van der Waals surface area contributed by atoms with Crippen LogP contribution in [0.5, 0.6) is 0 Å². The molecule has 0 aromatic carbocycles. The second kappa shape index (κ2) is 5.65. The van der Waals surface area contributed by atoms with Gasteiger partial charge in [0.2, 0.25) is 0 Å². The van der Waals surface area contributed by atoms with Gasteiger partial charge in [0.15, 0.2) is 0 Å². The largest absolute Gasteiger partial charge is 0.279 e. The maximum absolute atomic E-state index is 12.2. The molecule has 0 aromatic heterocycles. The van der Waals surface area contributed by atoms with Gasteiger partial charge in [-0.2, -0.15) is 12.7 Å². The molecule has 0 spiro atoms. The van der Waals surface area contributed by atoms with Crippen LogP contribution in [-0.4, -0.2) is 38.2 Å². The molecule has 2 fully saturated rings. The molecule has 6 heteroatoms. The first kappa shape index (κ1) is 14.6. The molecule has 2 rings (SSSR count). The van der Waals surface area contributed by atoms with Crippen LogP contribution in [-0.2, 0) is 10.2 Å². The smallest absolute Gasteiger partial charge is 0.202 e. The summed E-state index contributed by atoms with van der Waals surface area (Å²) in [4.78, 5) is 0. The number of nitrogens with zero attached hydrogens (tertiary/aromatic N) is 1. The van der Waals surface area contributed by atoms with E-state index in [1.54, 1.807) is 4.31 Å². The van der Waals surface area contributed by atoms with Gasteiger partial charge in [0.25, 0.3) is 10.2 Å². The third-order valence-corrected chi connectivity index (χ3v) is 5.88. The van der Waals surface area contributed by atoms with Crippen LogP contribution in [0, 0.1) is 11.3 Å². The van der Waals surface area contributed by atoms with Gasteiger partial charge in [0.1, 0.15) is 0 Å². The van der Waals surface area contributed by atoms with Crippen molar-refractivity contribution in [3.63, 3.8) is 0 Å². The Labute approximate surface area is 115 Å². The molecule has 18 heavy (non-hydrogen) atoms. The molecular formula is C12H23ClN2O2S. The van der Waals surface area contributed by atoms with Crippen LogP contribution in [0.2, 0.25) is 0 Å². The standard InChI is InChI=1S/C12H23ClN2O2S/c1-11-3-2-8-15(9-11)18(16,17)14-10-12(4-5-12)6-7-13/h11,14H,2-10H2,1H3. The molecule has 1 aliphatic carbocycles. The molecule has 1 unspecified atom stereocenters. The van der Waals surface area contributed by atoms with Crippen molar-refractivity contribution in [2.75, 3.05) is 25.5 Å². The number of nitrogens with one attached hydrogen (secondary N) is 1. The van der Waals surface area contributed by atoms with Crippen molar-refractivity contribution in [1.82, 2.24) is 9.03 Å². The molecule has 106 valence electrons. The number of piperidine rings is 1. The quantitative estimate of drug-likeness (QED) is 0.761. The first-order chi connectivity index (χ1) is 8.47. The van der Waals surface area contributed by atoms with E-state index in [0.717, 1.165) is 32.1 Å². The third-order valence-electron chi connectivity index (χ3n) is 4.17. The van der Waals surface area contributed by atoms with Gasteiger partial charge in [0, 0.05) is 25.5 Å². The molecule has 1 saturated carbocycles. The second-order valence-corrected chi connectivity index (χ2v) is 8.00. The van der Waals surface area contributed by atoms with Crippen LogP contribution in [0.25, 0.3) is 0 Å². The lowest BCUT2D eigenvalue weighted by molar-refractivity contribution is 0.277. The van der Waals surface area contributed by atoms with E-state index in [0.29, 0.717) is 31.4 Å². The zero-order valence-electron chi connectivity index (χ0n) is 11.0. The van der Waals surface area contributed by atoms with Gasteiger partial charge in [-0.05, 0) is 43.4 Å². The summed E-state index contributed by atoms with van der Waals surface area (Å²) in [5, 5.41) is 0. The minimum atomic E-state index is -3.29. The molecule has 1 atom stereocenters. The first-order valence-corrected chi connectivity index (χ1v) is 8.76. The van der Waals surface area contributed by atoms with Crippen molar-refractivity contribution in [3.05, 3.63) is 0 Å². The van der Waals surface area contributed by atoms with E-state index in [2.05, 4.69) is 11.6 Å². The van der Waals surface area contributed by atoms with Crippen molar-refractivity contribution in [2.24, 2.45) is 11.3 Å². The van der Waals surface area contributed by atoms with E-state index in [-0.39, 0.29) is 5.41 Å². The Morgan fingerprint density at radius 2 is 2.17 bits per heavy atom. The van der Waals surface area contributed by atoms with Gasteiger partial charge in [-0.1, -0.05) is 6.92 Å². The van der Waals surface area contributed by atoms with Gasteiger partial charge < -0.3 is 0 Å². The van der Waals surface area contributed by atoms with Gasteiger partial charge in [-0.15, -0.1) is 11.6 Å². The highest BCUT2D eigenvalue weighted by Gasteiger charge is 2.43. The van der Waals surface area contributed by atoms with Crippen LogP contribution < -0.4 is 4.72 Å². The fourth-order valence-electron chi connectivity index (χ4n) is 2.59. The highest BCUT2D eigenvalue weighted by molar-refractivity contribution is 7.87. The third kappa shape index (κ3) is 3.59. The maximum Gasteiger partial charge on any atom is 0.279 e. The van der Waals surface area contributed by atoms with Crippen LogP contribution in [0.1, 0.15) is 39.0 Å². The maximum atomic E-state index is 12.2. The zero-order chi connectivity index (χ0) is 13.2. The summed E-state index contributed by atoms with van der Waals surface area (Å²) in [6.45, 7) is 3.96. The molecule has 0 amide bonds. The summed E-state index contributed by atoms with van der Waals surface area (Å²) in [5.41, 5.74) is 0.149. The molecular weight excluding hydrogens is 272 g/mol. The van der Waals surface area contributed by atoms with E-state index < -0.39 is 10.2 Å². The summed E-state index contributed by atoms with van der Waals surface area (Å²) in [5.74, 6) is 1.08. The zero-order valence-corrected chi connectivity index (χ0v) is 12.6. The summed E-state index contributed by atoms with van der Waals surface area (Å²) in [6, 6.07) is 0. The Morgan fingerprint density at radius 3 is 2.72 bits per heavy atom. The minimum absolute atomic E-state index is 0.149. The summed E-state index contributed by atoms with van der Waals surface area (Å²) in [7, 11) is -3.29. The van der Waals surface area contributed by atoms with Gasteiger partial charge in [-0.25, -0.2) is 4.72 Å². The lowest BCUT2D eigenvalue weighted by atomic mass is 10.0. The van der Waals surface area contributed by atoms with E-state index in [1.807, 2.05) is 0 Å². The normalized spacial score (nSPS) is 28.2. The Balaban J connectivity index is 1.87. The first-order valence-electron chi connectivity index (χ1n) is 6.78. The Kier molecular flexibility index (Phi) is 4.57. The molecule has 1 heterocycles. The van der Waals surface area contributed by atoms with E-state index in [9.17, 15) is 8.42 Å². The molecule has 0 aromatic rings. The van der Waals surface area contributed by atoms with E-state index in [1.165, 1.54) is 0 Å². The number of rotatable bonds is 6. The van der Waals surface area contributed by atoms with Crippen molar-refractivity contribution in [1.29, 1.82) is 0 Å². The van der Waals surface area contributed by atoms with Crippen LogP contribution in [0.4, 0.5) is 0 Å². The molecule has 0 radical (unpaired) electrons. The molecule has 2 aliphatic rings. The van der Waals surface area contributed by atoms with E-state index in [4.69, 9.17) is 11.6 Å². The minimum Gasteiger partial charge on any atom is -0.202 e. The fraction of sp³-hybridized carbons (Fsp3) is 1.00. The average molecular weight is 295 g/mol. The molecule has 4 nitrogen and oxygen atoms in total. The second-order valence-electron chi connectivity index (χ2n) is 5.87. The van der Waals surface area contributed by atoms with Crippen molar-refractivity contribution < 1.29 is 8.42 Å². The summed E-state index contributed by atoms with van der Waals surface area (Å²) in [6.07, 6.45) is 5.20. The molecule has 0 bridgehead atoms. The highest BCUT2D eigenvalue weighted by atomic mass is 35.5. The van der Waals surface area contributed by atoms with Crippen LogP contribution in [0.15, 0.2) is 0 Å². The van der Waals surface area contributed by atoms with Crippen LogP contribution in [0.3, 0.4) is 0 Å². The monoisotopic (exact) mass is 294 g/mol. The topological polar surface area (TPSA) is 49.4 Å². The Morgan fingerprint density at radius 1 is 1.44 bits per heavy atom. The molecule has 1 aliphatic heterocycles. The number of halogens is 1. The van der Waals surface area contributed by atoms with Crippen molar-refractivity contribution in [3.8, 4) is 0 Å². The summed E-state index contributed by atoms with van der Waals surface area (Å²) >= 11 is 5.76. The Hall–Kier alpha value is 0.160. The lowest BCUT2D eigenvalue weighted by Crippen LogP contribution is -2.46. The fourth-order valence-corrected chi connectivity index (χ4v) is 4.48. The Bertz CT molecular complexity index is 382. The summed E-state index contributed by atoms with van der Waals surface area (Å²) < 4.78 is 28.8. The number of hydrogen-bond acceptors (Lipinski definition) is 2. The van der Waals surface area contributed by atoms with Crippen molar-refractivity contribution in [2.45, 2.75) is 39.0 Å². The van der Waals surface area contributed by atoms with Gasteiger partial charge >= 0.3 is 0 Å². The lowest BCUT2D eigenvalue weighted by Gasteiger charge is -2.30. The van der Waals surface area contributed by atoms with Gasteiger partial charge in [-0.3, -0.25) is 0 Å². The van der Waals surface area contributed by atoms with E-state index >= 15 is 0 Å². The predicted octanol–water partition coefficient (Wildman–Crippen LogP) is 1.96. The number of alkyl halides is 1. The van der Waals surface area contributed by atoms with Crippen molar-refractivity contribution >= 4 is 21.8 Å². The average Bonchev–Trinajstić information content (AvgIpc) is 3.08. The molecule has 1 N–H and O–H groups in total. The van der Waals surface area contributed by atoms with Crippen LogP contribution >= 0.6 is 11.6 Å². The van der Waals surface area contributed by atoms with Gasteiger partial charge in [0.05, 0.1) is 0 Å². The SMILES string of the molecule is CC1CCCN(S(=O)(=O)NCC2(CCCl)CC2)C1. The highest BCUT2D eigenvalue weighted by Crippen LogP contribution is 2.48. The molecule has 1 saturated heterocycles. The number of hydrogen-bond donors (Lipinski definition) is 1.